The highest BCUT2D eigenvalue weighted by molar-refractivity contribution is 6.05. The fourth-order valence-electron chi connectivity index (χ4n) is 4.59. The Morgan fingerprint density at radius 3 is 1.25 bits per heavy atom. The first-order valence-electron chi connectivity index (χ1n) is 15.4. The summed E-state index contributed by atoms with van der Waals surface area (Å²) in [5.74, 6) is 2.36. The summed E-state index contributed by atoms with van der Waals surface area (Å²) in [5, 5.41) is 6.05. The number of aryl methyl sites for hydroxylation is 2. The van der Waals surface area contributed by atoms with E-state index >= 15 is 0 Å². The third-order valence-electron chi connectivity index (χ3n) is 7.44. The van der Waals surface area contributed by atoms with E-state index in [4.69, 9.17) is 9.47 Å². The second-order valence-electron chi connectivity index (χ2n) is 12.1. The van der Waals surface area contributed by atoms with Crippen LogP contribution in [0.25, 0.3) is 11.1 Å². The van der Waals surface area contributed by atoms with Gasteiger partial charge in [-0.2, -0.15) is 0 Å². The lowest BCUT2D eigenvalue weighted by Crippen LogP contribution is -2.13. The van der Waals surface area contributed by atoms with E-state index in [1.807, 2.05) is 62.4 Å². The number of carbonyl (C=O) groups is 2. The second-order valence-corrected chi connectivity index (χ2v) is 12.1. The van der Waals surface area contributed by atoms with Gasteiger partial charge in [-0.1, -0.05) is 39.8 Å². The lowest BCUT2D eigenvalue weighted by atomic mass is 9.99. The zero-order chi connectivity index (χ0) is 31.6. The van der Waals surface area contributed by atoms with Gasteiger partial charge >= 0.3 is 0 Å². The van der Waals surface area contributed by atoms with Gasteiger partial charge in [0.15, 0.2) is 0 Å². The summed E-state index contributed by atoms with van der Waals surface area (Å²) in [6.45, 7) is 13.9. The number of hydrogen-bond acceptors (Lipinski definition) is 4. The van der Waals surface area contributed by atoms with Crippen LogP contribution in [0.1, 0.15) is 72.4 Å². The van der Waals surface area contributed by atoms with Crippen LogP contribution in [0.2, 0.25) is 0 Å². The fraction of sp³-hybridized carbons (Fsp3) is 0.316. The number of hydrogen-bond donors (Lipinski definition) is 2. The standard InChI is InChI=1S/C38H44N2O4/c1-25(2)19-21-43-33-13-7-29(8-14-33)37(41)39-35-17-11-31(23-27(35)5)32-12-18-36(28(6)24-32)40-38(42)30-9-15-34(16-10-30)44-22-20-26(3)4/h7-18,23-26H,19-22H2,1-6H3,(H,39,41)(H,40,42). The van der Waals surface area contributed by atoms with Crippen LogP contribution in [0, 0.1) is 25.7 Å². The van der Waals surface area contributed by atoms with Crippen LogP contribution >= 0.6 is 0 Å². The first kappa shape index (κ1) is 32.3. The Morgan fingerprint density at radius 1 is 0.568 bits per heavy atom. The second kappa shape index (κ2) is 15.2. The molecule has 6 heteroatoms. The summed E-state index contributed by atoms with van der Waals surface area (Å²) in [7, 11) is 0. The maximum atomic E-state index is 12.9. The first-order valence-corrected chi connectivity index (χ1v) is 15.4. The summed E-state index contributed by atoms with van der Waals surface area (Å²) in [6, 6.07) is 26.4. The van der Waals surface area contributed by atoms with Crippen LogP contribution in [-0.2, 0) is 0 Å². The highest BCUT2D eigenvalue weighted by atomic mass is 16.5. The molecule has 0 saturated heterocycles. The first-order chi connectivity index (χ1) is 21.1. The Labute approximate surface area is 261 Å². The molecule has 0 bridgehead atoms. The van der Waals surface area contributed by atoms with Crippen LogP contribution in [-0.4, -0.2) is 25.0 Å². The van der Waals surface area contributed by atoms with Crippen molar-refractivity contribution in [3.05, 3.63) is 107 Å². The number of amides is 2. The molecule has 0 heterocycles. The Balaban J connectivity index is 1.35. The van der Waals surface area contributed by atoms with Gasteiger partial charge < -0.3 is 20.1 Å². The summed E-state index contributed by atoms with van der Waals surface area (Å²) < 4.78 is 11.5. The van der Waals surface area contributed by atoms with Crippen LogP contribution in [0.5, 0.6) is 11.5 Å². The molecule has 0 radical (unpaired) electrons. The van der Waals surface area contributed by atoms with E-state index in [0.717, 1.165) is 58.0 Å². The molecule has 44 heavy (non-hydrogen) atoms. The molecule has 0 spiro atoms. The van der Waals surface area contributed by atoms with Crippen molar-refractivity contribution in [2.45, 2.75) is 54.4 Å². The zero-order valence-corrected chi connectivity index (χ0v) is 26.7. The molecule has 0 aromatic heterocycles. The van der Waals surface area contributed by atoms with Crippen molar-refractivity contribution in [3.8, 4) is 22.6 Å². The highest BCUT2D eigenvalue weighted by Crippen LogP contribution is 2.29. The molecule has 0 atom stereocenters. The molecule has 0 fully saturated rings. The number of anilines is 2. The summed E-state index contributed by atoms with van der Waals surface area (Å²) in [6.07, 6.45) is 1.98. The number of ether oxygens (including phenoxy) is 2. The van der Waals surface area contributed by atoms with Crippen molar-refractivity contribution < 1.29 is 19.1 Å². The number of benzene rings is 4. The Hall–Kier alpha value is -4.58. The Kier molecular flexibility index (Phi) is 11.2. The SMILES string of the molecule is Cc1cc(-c2ccc(NC(=O)c3ccc(OCCC(C)C)cc3)c(C)c2)ccc1NC(=O)c1ccc(OCCC(C)C)cc1. The predicted molar refractivity (Wildman–Crippen MR) is 180 cm³/mol. The van der Waals surface area contributed by atoms with Crippen LogP contribution in [0.3, 0.4) is 0 Å². The van der Waals surface area contributed by atoms with E-state index < -0.39 is 0 Å². The van der Waals surface area contributed by atoms with E-state index in [0.29, 0.717) is 36.2 Å². The van der Waals surface area contributed by atoms with Gasteiger partial charge in [0.25, 0.3) is 11.8 Å². The molecule has 0 aliphatic rings. The predicted octanol–water partition coefficient (Wildman–Crippen LogP) is 9.32. The molecular formula is C38H44N2O4. The quantitative estimate of drug-likeness (QED) is 0.162. The minimum absolute atomic E-state index is 0.168. The van der Waals surface area contributed by atoms with Gasteiger partial charge in [0, 0.05) is 22.5 Å². The fourth-order valence-corrected chi connectivity index (χ4v) is 4.59. The maximum Gasteiger partial charge on any atom is 0.255 e. The summed E-state index contributed by atoms with van der Waals surface area (Å²) in [5.41, 5.74) is 6.62. The van der Waals surface area contributed by atoms with Gasteiger partial charge in [-0.05, 0) is 134 Å². The largest absolute Gasteiger partial charge is 0.494 e. The highest BCUT2D eigenvalue weighted by Gasteiger charge is 2.12. The number of carbonyl (C=O) groups excluding carboxylic acids is 2. The molecule has 4 rings (SSSR count). The monoisotopic (exact) mass is 592 g/mol. The van der Waals surface area contributed by atoms with Crippen LogP contribution in [0.15, 0.2) is 84.9 Å². The smallest absolute Gasteiger partial charge is 0.255 e. The van der Waals surface area contributed by atoms with E-state index in [9.17, 15) is 9.59 Å². The van der Waals surface area contributed by atoms with Gasteiger partial charge in [-0.15, -0.1) is 0 Å². The topological polar surface area (TPSA) is 76.7 Å². The molecule has 2 amide bonds. The van der Waals surface area contributed by atoms with Gasteiger partial charge in [0.1, 0.15) is 11.5 Å². The van der Waals surface area contributed by atoms with E-state index in [1.54, 1.807) is 24.3 Å². The van der Waals surface area contributed by atoms with Crippen molar-refractivity contribution in [1.82, 2.24) is 0 Å². The minimum Gasteiger partial charge on any atom is -0.494 e. The van der Waals surface area contributed by atoms with Gasteiger partial charge in [-0.3, -0.25) is 9.59 Å². The lowest BCUT2D eigenvalue weighted by Gasteiger charge is -2.13. The van der Waals surface area contributed by atoms with E-state index in [1.165, 1.54) is 0 Å². The zero-order valence-electron chi connectivity index (χ0n) is 26.7. The maximum absolute atomic E-state index is 12.9. The minimum atomic E-state index is -0.168. The number of rotatable bonds is 13. The Bertz CT molecular complexity index is 1440. The average Bonchev–Trinajstić information content (AvgIpc) is 2.99. The average molecular weight is 593 g/mol. The van der Waals surface area contributed by atoms with Crippen molar-refractivity contribution >= 4 is 23.2 Å². The normalized spacial score (nSPS) is 11.0. The molecule has 4 aromatic carbocycles. The summed E-state index contributed by atoms with van der Waals surface area (Å²) >= 11 is 0. The molecule has 230 valence electrons. The Morgan fingerprint density at radius 2 is 0.932 bits per heavy atom. The van der Waals surface area contributed by atoms with E-state index in [2.05, 4.69) is 50.5 Å². The number of nitrogens with one attached hydrogen (secondary N) is 2. The molecule has 4 aromatic rings. The van der Waals surface area contributed by atoms with Crippen LogP contribution < -0.4 is 20.1 Å². The van der Waals surface area contributed by atoms with Gasteiger partial charge in [0.05, 0.1) is 13.2 Å². The molecule has 0 unspecified atom stereocenters. The molecule has 0 aliphatic carbocycles. The third kappa shape index (κ3) is 9.21. The molecular weight excluding hydrogens is 548 g/mol. The lowest BCUT2D eigenvalue weighted by molar-refractivity contribution is 0.101. The van der Waals surface area contributed by atoms with Crippen LogP contribution in [0.4, 0.5) is 11.4 Å². The molecule has 2 N–H and O–H groups in total. The van der Waals surface area contributed by atoms with Crippen molar-refractivity contribution in [3.63, 3.8) is 0 Å². The van der Waals surface area contributed by atoms with Gasteiger partial charge in [0.2, 0.25) is 0 Å². The molecule has 6 nitrogen and oxygen atoms in total. The molecule has 0 aliphatic heterocycles. The van der Waals surface area contributed by atoms with Crippen molar-refractivity contribution in [2.24, 2.45) is 11.8 Å². The summed E-state index contributed by atoms with van der Waals surface area (Å²) in [4.78, 5) is 25.8. The van der Waals surface area contributed by atoms with Crippen molar-refractivity contribution in [1.29, 1.82) is 0 Å². The van der Waals surface area contributed by atoms with Crippen molar-refractivity contribution in [2.75, 3.05) is 23.8 Å². The third-order valence-corrected chi connectivity index (χ3v) is 7.44. The molecule has 0 saturated carbocycles. The van der Waals surface area contributed by atoms with E-state index in [-0.39, 0.29) is 11.8 Å². The van der Waals surface area contributed by atoms with Gasteiger partial charge in [-0.25, -0.2) is 0 Å².